The Kier molecular flexibility index (Phi) is 2.17. The van der Waals surface area contributed by atoms with Crippen molar-refractivity contribution < 1.29 is 9.90 Å². The third kappa shape index (κ3) is 1.57. The molecule has 1 unspecified atom stereocenters. The second-order valence-electron chi connectivity index (χ2n) is 4.12. The zero-order chi connectivity index (χ0) is 10.2. The van der Waals surface area contributed by atoms with Crippen molar-refractivity contribution in [2.24, 2.45) is 17.3 Å². The van der Waals surface area contributed by atoms with Crippen molar-refractivity contribution in [1.82, 2.24) is 0 Å². The fourth-order valence-corrected chi connectivity index (χ4v) is 1.77. The molecular formula is C10H13NO2. The lowest BCUT2D eigenvalue weighted by Gasteiger charge is -1.96. The molecule has 1 saturated carbocycles. The van der Waals surface area contributed by atoms with Crippen molar-refractivity contribution in [2.75, 3.05) is 0 Å². The maximum atomic E-state index is 10.7. The van der Waals surface area contributed by atoms with Gasteiger partial charge < -0.3 is 5.11 Å². The Bertz CT molecular complexity index is 309. The number of nitrogens with zero attached hydrogens (tertiary/aromatic N) is 1. The topological polar surface area (TPSA) is 61.1 Å². The summed E-state index contributed by atoms with van der Waals surface area (Å²) in [6.45, 7) is 5.53. The maximum Gasteiger partial charge on any atom is 0.307 e. The summed E-state index contributed by atoms with van der Waals surface area (Å²) in [6, 6.07) is 2.00. The van der Waals surface area contributed by atoms with Crippen LogP contribution in [-0.2, 0) is 4.79 Å². The standard InChI is InChI=1S/C10H13NO2/c1-6(5-11)4-7-8(9(12)13)10(7,2)3/h4,7-8H,1-3H3,(H,12,13)/b6-4-/t7?,8-/m0/s1. The highest BCUT2D eigenvalue weighted by molar-refractivity contribution is 5.76. The van der Waals surface area contributed by atoms with Gasteiger partial charge in [-0.05, 0) is 18.3 Å². The van der Waals surface area contributed by atoms with Crippen molar-refractivity contribution in [3.63, 3.8) is 0 Å². The minimum atomic E-state index is -0.767. The van der Waals surface area contributed by atoms with Crippen molar-refractivity contribution in [2.45, 2.75) is 20.8 Å². The Balaban J connectivity index is 2.79. The summed E-state index contributed by atoms with van der Waals surface area (Å²) >= 11 is 0. The van der Waals surface area contributed by atoms with Gasteiger partial charge in [0, 0.05) is 5.57 Å². The van der Waals surface area contributed by atoms with Crippen molar-refractivity contribution >= 4 is 5.97 Å². The normalized spacial score (nSPS) is 30.8. The molecule has 2 atom stereocenters. The van der Waals surface area contributed by atoms with Crippen LogP contribution in [0.25, 0.3) is 0 Å². The number of carboxylic acids is 1. The summed E-state index contributed by atoms with van der Waals surface area (Å²) in [6.07, 6.45) is 1.76. The zero-order valence-electron chi connectivity index (χ0n) is 8.03. The second kappa shape index (κ2) is 2.88. The van der Waals surface area contributed by atoms with Gasteiger partial charge in [-0.1, -0.05) is 19.9 Å². The molecule has 3 nitrogen and oxygen atoms in total. The van der Waals surface area contributed by atoms with Gasteiger partial charge in [0.1, 0.15) is 0 Å². The molecule has 0 aromatic heterocycles. The smallest absolute Gasteiger partial charge is 0.307 e. The number of rotatable bonds is 2. The lowest BCUT2D eigenvalue weighted by molar-refractivity contribution is -0.139. The van der Waals surface area contributed by atoms with Crippen LogP contribution in [0.15, 0.2) is 11.6 Å². The molecule has 1 aliphatic carbocycles. The van der Waals surface area contributed by atoms with E-state index in [0.29, 0.717) is 5.57 Å². The third-order valence-electron chi connectivity index (χ3n) is 2.78. The van der Waals surface area contributed by atoms with Gasteiger partial charge >= 0.3 is 5.97 Å². The van der Waals surface area contributed by atoms with E-state index in [0.717, 1.165) is 0 Å². The Morgan fingerprint density at radius 1 is 1.62 bits per heavy atom. The van der Waals surface area contributed by atoms with Gasteiger partial charge in [0.2, 0.25) is 0 Å². The first-order chi connectivity index (χ1) is 5.91. The highest BCUT2D eigenvalue weighted by Crippen LogP contribution is 2.59. The van der Waals surface area contributed by atoms with Gasteiger partial charge in [-0.25, -0.2) is 0 Å². The minimum absolute atomic E-state index is 0.0182. The number of allylic oxidation sites excluding steroid dienone is 2. The second-order valence-corrected chi connectivity index (χ2v) is 4.12. The molecule has 1 fully saturated rings. The van der Waals surface area contributed by atoms with Crippen LogP contribution in [0.5, 0.6) is 0 Å². The van der Waals surface area contributed by atoms with E-state index in [1.54, 1.807) is 13.0 Å². The van der Waals surface area contributed by atoms with E-state index in [4.69, 9.17) is 10.4 Å². The van der Waals surface area contributed by atoms with Crippen LogP contribution >= 0.6 is 0 Å². The Morgan fingerprint density at radius 2 is 2.15 bits per heavy atom. The van der Waals surface area contributed by atoms with E-state index in [9.17, 15) is 4.79 Å². The Morgan fingerprint density at radius 3 is 2.46 bits per heavy atom. The van der Waals surface area contributed by atoms with E-state index < -0.39 is 5.97 Å². The molecule has 0 saturated heterocycles. The number of hydrogen-bond donors (Lipinski definition) is 1. The predicted molar refractivity (Wildman–Crippen MR) is 47.8 cm³/mol. The summed E-state index contributed by atoms with van der Waals surface area (Å²) in [5.74, 6) is -1.07. The third-order valence-corrected chi connectivity index (χ3v) is 2.78. The predicted octanol–water partition coefficient (Wildman–Crippen LogP) is 1.81. The zero-order valence-corrected chi connectivity index (χ0v) is 8.03. The molecule has 13 heavy (non-hydrogen) atoms. The molecule has 0 heterocycles. The monoisotopic (exact) mass is 179 g/mol. The maximum absolute atomic E-state index is 10.7. The number of aliphatic carboxylic acids is 1. The van der Waals surface area contributed by atoms with Crippen LogP contribution in [0.2, 0.25) is 0 Å². The fourth-order valence-electron chi connectivity index (χ4n) is 1.77. The summed E-state index contributed by atoms with van der Waals surface area (Å²) < 4.78 is 0. The average Bonchev–Trinajstić information content (AvgIpc) is 2.53. The van der Waals surface area contributed by atoms with Crippen molar-refractivity contribution in [3.05, 3.63) is 11.6 Å². The number of carbonyl (C=O) groups is 1. The molecule has 0 spiro atoms. The van der Waals surface area contributed by atoms with E-state index in [1.807, 2.05) is 19.9 Å². The molecule has 0 aromatic rings. The van der Waals surface area contributed by atoms with Crippen LogP contribution in [0, 0.1) is 28.6 Å². The van der Waals surface area contributed by atoms with E-state index in [2.05, 4.69) is 0 Å². The molecule has 0 amide bonds. The van der Waals surface area contributed by atoms with Gasteiger partial charge in [-0.2, -0.15) is 5.26 Å². The first kappa shape index (κ1) is 9.79. The summed E-state index contributed by atoms with van der Waals surface area (Å²) in [7, 11) is 0. The van der Waals surface area contributed by atoms with Gasteiger partial charge in [0.05, 0.1) is 12.0 Å². The molecule has 0 aliphatic heterocycles. The lowest BCUT2D eigenvalue weighted by atomic mass is 10.1. The van der Waals surface area contributed by atoms with Crippen LogP contribution in [0.1, 0.15) is 20.8 Å². The molecular weight excluding hydrogens is 166 g/mol. The highest BCUT2D eigenvalue weighted by atomic mass is 16.4. The summed E-state index contributed by atoms with van der Waals surface area (Å²) in [5.41, 5.74) is 0.408. The highest BCUT2D eigenvalue weighted by Gasteiger charge is 2.60. The number of carboxylic acid groups (broad SMARTS) is 1. The Labute approximate surface area is 77.7 Å². The molecule has 1 rings (SSSR count). The molecule has 0 radical (unpaired) electrons. The van der Waals surface area contributed by atoms with Gasteiger partial charge in [0.25, 0.3) is 0 Å². The van der Waals surface area contributed by atoms with Gasteiger partial charge in [-0.3, -0.25) is 4.79 Å². The van der Waals surface area contributed by atoms with E-state index in [-0.39, 0.29) is 17.3 Å². The molecule has 1 aliphatic rings. The first-order valence-electron chi connectivity index (χ1n) is 4.22. The van der Waals surface area contributed by atoms with Crippen LogP contribution < -0.4 is 0 Å². The van der Waals surface area contributed by atoms with Crippen LogP contribution in [-0.4, -0.2) is 11.1 Å². The average molecular weight is 179 g/mol. The molecule has 70 valence electrons. The molecule has 1 N–H and O–H groups in total. The van der Waals surface area contributed by atoms with Gasteiger partial charge in [0.15, 0.2) is 0 Å². The Hall–Kier alpha value is -1.30. The van der Waals surface area contributed by atoms with E-state index in [1.165, 1.54) is 0 Å². The summed E-state index contributed by atoms with van der Waals surface area (Å²) in [5, 5.41) is 17.4. The van der Waals surface area contributed by atoms with Crippen LogP contribution in [0.4, 0.5) is 0 Å². The summed E-state index contributed by atoms with van der Waals surface area (Å²) in [4.78, 5) is 10.7. The molecule has 3 heteroatoms. The SMILES string of the molecule is C/C(C#N)=C/C1[C@@H](C(=O)O)C1(C)C. The van der Waals surface area contributed by atoms with E-state index >= 15 is 0 Å². The van der Waals surface area contributed by atoms with Gasteiger partial charge in [-0.15, -0.1) is 0 Å². The molecule has 0 aromatic carbocycles. The van der Waals surface area contributed by atoms with Crippen molar-refractivity contribution in [3.8, 4) is 6.07 Å². The number of nitriles is 1. The largest absolute Gasteiger partial charge is 0.481 e. The first-order valence-corrected chi connectivity index (χ1v) is 4.22. The molecule has 0 bridgehead atoms. The van der Waals surface area contributed by atoms with Crippen LogP contribution in [0.3, 0.4) is 0 Å². The lowest BCUT2D eigenvalue weighted by Crippen LogP contribution is -2.03. The minimum Gasteiger partial charge on any atom is -0.481 e. The number of hydrogen-bond acceptors (Lipinski definition) is 2. The fraction of sp³-hybridized carbons (Fsp3) is 0.600. The van der Waals surface area contributed by atoms with Crippen molar-refractivity contribution in [1.29, 1.82) is 5.26 Å². The quantitative estimate of drug-likeness (QED) is 0.657.